The number of fused-ring (bicyclic) bond motifs is 1. The molecule has 3 heteroatoms. The number of aryl methyl sites for hydroxylation is 2. The lowest BCUT2D eigenvalue weighted by Crippen LogP contribution is -2.02. The van der Waals surface area contributed by atoms with Crippen LogP contribution in [0, 0.1) is 13.8 Å². The summed E-state index contributed by atoms with van der Waals surface area (Å²) >= 11 is 0. The molecule has 3 rings (SSSR count). The maximum absolute atomic E-state index is 11.1. The predicted octanol–water partition coefficient (Wildman–Crippen LogP) is 4.00. The van der Waals surface area contributed by atoms with Gasteiger partial charge in [0.05, 0.1) is 11.1 Å². The van der Waals surface area contributed by atoms with Crippen molar-refractivity contribution in [3.8, 4) is 0 Å². The number of hydrogen-bond acceptors (Lipinski definition) is 1. The van der Waals surface area contributed by atoms with Crippen LogP contribution in [0.3, 0.4) is 0 Å². The highest BCUT2D eigenvalue weighted by molar-refractivity contribution is 5.88. The number of aromatic nitrogens is 1. The monoisotopic (exact) mass is 279 g/mol. The minimum Gasteiger partial charge on any atom is -0.478 e. The molecule has 0 aliphatic carbocycles. The molecule has 106 valence electrons. The zero-order chi connectivity index (χ0) is 15.0. The van der Waals surface area contributed by atoms with Gasteiger partial charge in [-0.1, -0.05) is 23.8 Å². The van der Waals surface area contributed by atoms with E-state index in [1.165, 1.54) is 22.0 Å². The van der Waals surface area contributed by atoms with Crippen molar-refractivity contribution in [3.63, 3.8) is 0 Å². The van der Waals surface area contributed by atoms with Gasteiger partial charge in [-0.05, 0) is 49.2 Å². The number of carbonyl (C=O) groups is 1. The molecule has 3 nitrogen and oxygen atoms in total. The summed E-state index contributed by atoms with van der Waals surface area (Å²) in [5.41, 5.74) is 5.03. The van der Waals surface area contributed by atoms with Crippen LogP contribution in [0.2, 0.25) is 0 Å². The van der Waals surface area contributed by atoms with E-state index < -0.39 is 5.97 Å². The number of aromatic carboxylic acids is 1. The third kappa shape index (κ3) is 2.55. The van der Waals surface area contributed by atoms with E-state index in [0.717, 1.165) is 5.56 Å². The lowest BCUT2D eigenvalue weighted by atomic mass is 10.1. The van der Waals surface area contributed by atoms with E-state index in [4.69, 9.17) is 5.11 Å². The first-order valence-electron chi connectivity index (χ1n) is 6.93. The molecule has 0 unspecified atom stereocenters. The smallest absolute Gasteiger partial charge is 0.335 e. The van der Waals surface area contributed by atoms with Crippen LogP contribution in [-0.4, -0.2) is 15.6 Å². The molecule has 0 fully saturated rings. The van der Waals surface area contributed by atoms with Crippen molar-refractivity contribution in [2.75, 3.05) is 0 Å². The summed E-state index contributed by atoms with van der Waals surface area (Å²) in [6.07, 6.45) is 2.06. The molecule has 3 aromatic rings. The number of rotatable bonds is 3. The Morgan fingerprint density at radius 3 is 2.71 bits per heavy atom. The SMILES string of the molecule is Cc1cc(C)c2c(ccn2Cc2cccc(C(=O)O)c2)c1. The van der Waals surface area contributed by atoms with E-state index >= 15 is 0 Å². The van der Waals surface area contributed by atoms with E-state index in [0.29, 0.717) is 12.1 Å². The van der Waals surface area contributed by atoms with E-state index in [-0.39, 0.29) is 0 Å². The Hall–Kier alpha value is -2.55. The van der Waals surface area contributed by atoms with Crippen LogP contribution in [0.15, 0.2) is 48.7 Å². The standard InChI is InChI=1S/C18H17NO2/c1-12-8-13(2)17-15(9-12)6-7-19(17)11-14-4-3-5-16(10-14)18(20)21/h3-10H,11H2,1-2H3,(H,20,21). The minimum atomic E-state index is -0.888. The predicted molar refractivity (Wildman–Crippen MR) is 83.9 cm³/mol. The van der Waals surface area contributed by atoms with Crippen molar-refractivity contribution in [2.45, 2.75) is 20.4 Å². The fourth-order valence-corrected chi connectivity index (χ4v) is 2.89. The van der Waals surface area contributed by atoms with Gasteiger partial charge in [0.15, 0.2) is 0 Å². The minimum absolute atomic E-state index is 0.330. The zero-order valence-electron chi connectivity index (χ0n) is 12.1. The van der Waals surface area contributed by atoms with Crippen molar-refractivity contribution in [1.29, 1.82) is 0 Å². The van der Waals surface area contributed by atoms with Gasteiger partial charge in [-0.2, -0.15) is 0 Å². The van der Waals surface area contributed by atoms with Crippen molar-refractivity contribution in [3.05, 3.63) is 70.9 Å². The molecule has 0 spiro atoms. The Kier molecular flexibility index (Phi) is 3.26. The third-order valence-corrected chi connectivity index (χ3v) is 3.72. The van der Waals surface area contributed by atoms with Crippen LogP contribution in [0.25, 0.3) is 10.9 Å². The van der Waals surface area contributed by atoms with Crippen LogP contribution in [0.1, 0.15) is 27.0 Å². The Bertz CT molecular complexity index is 830. The molecule has 0 atom stereocenters. The molecule has 0 saturated carbocycles. The fourth-order valence-electron chi connectivity index (χ4n) is 2.89. The Labute approximate surface area is 123 Å². The second-order valence-electron chi connectivity index (χ2n) is 5.47. The molecule has 0 saturated heterocycles. The molecule has 0 bridgehead atoms. The van der Waals surface area contributed by atoms with Crippen LogP contribution in [-0.2, 0) is 6.54 Å². The van der Waals surface area contributed by atoms with Gasteiger partial charge in [0, 0.05) is 18.1 Å². The molecule has 0 radical (unpaired) electrons. The second-order valence-corrected chi connectivity index (χ2v) is 5.47. The van der Waals surface area contributed by atoms with Gasteiger partial charge in [0.2, 0.25) is 0 Å². The molecule has 21 heavy (non-hydrogen) atoms. The number of nitrogens with zero attached hydrogens (tertiary/aromatic N) is 1. The van der Waals surface area contributed by atoms with Crippen molar-refractivity contribution in [2.24, 2.45) is 0 Å². The summed E-state index contributed by atoms with van der Waals surface area (Å²) in [4.78, 5) is 11.1. The first kappa shape index (κ1) is 13.4. The quantitative estimate of drug-likeness (QED) is 0.787. The molecule has 1 aromatic heterocycles. The molecular formula is C18H17NO2. The van der Waals surface area contributed by atoms with Crippen LogP contribution < -0.4 is 0 Å². The average molecular weight is 279 g/mol. The van der Waals surface area contributed by atoms with Crippen LogP contribution >= 0.6 is 0 Å². The highest BCUT2D eigenvalue weighted by atomic mass is 16.4. The summed E-state index contributed by atoms with van der Waals surface area (Å²) in [6.45, 7) is 4.88. The molecule has 0 aliphatic rings. The highest BCUT2D eigenvalue weighted by Gasteiger charge is 2.07. The van der Waals surface area contributed by atoms with Crippen LogP contribution in [0.4, 0.5) is 0 Å². The highest BCUT2D eigenvalue weighted by Crippen LogP contribution is 2.23. The summed E-state index contributed by atoms with van der Waals surface area (Å²) in [6, 6.07) is 13.6. The fraction of sp³-hybridized carbons (Fsp3) is 0.167. The molecule has 0 aliphatic heterocycles. The Morgan fingerprint density at radius 2 is 1.95 bits per heavy atom. The molecule has 2 aromatic carbocycles. The maximum atomic E-state index is 11.1. The van der Waals surface area contributed by atoms with Gasteiger partial charge in [0.25, 0.3) is 0 Å². The average Bonchev–Trinajstić information content (AvgIpc) is 2.82. The topological polar surface area (TPSA) is 42.2 Å². The van der Waals surface area contributed by atoms with Gasteiger partial charge in [0.1, 0.15) is 0 Å². The molecule has 0 amide bonds. The van der Waals surface area contributed by atoms with Gasteiger partial charge < -0.3 is 9.67 Å². The summed E-state index contributed by atoms with van der Waals surface area (Å²) in [5.74, 6) is -0.888. The summed E-state index contributed by atoms with van der Waals surface area (Å²) in [7, 11) is 0. The molecular weight excluding hydrogens is 262 g/mol. The molecule has 1 N–H and O–H groups in total. The van der Waals surface area contributed by atoms with E-state index in [1.54, 1.807) is 18.2 Å². The van der Waals surface area contributed by atoms with Gasteiger partial charge in [-0.15, -0.1) is 0 Å². The van der Waals surface area contributed by atoms with Crippen molar-refractivity contribution < 1.29 is 9.90 Å². The first-order valence-corrected chi connectivity index (χ1v) is 6.93. The Balaban J connectivity index is 2.02. The Morgan fingerprint density at radius 1 is 1.14 bits per heavy atom. The largest absolute Gasteiger partial charge is 0.478 e. The van der Waals surface area contributed by atoms with Crippen molar-refractivity contribution >= 4 is 16.9 Å². The lowest BCUT2D eigenvalue weighted by molar-refractivity contribution is 0.0696. The van der Waals surface area contributed by atoms with Crippen molar-refractivity contribution in [1.82, 2.24) is 4.57 Å². The second kappa shape index (κ2) is 5.09. The van der Waals surface area contributed by atoms with Gasteiger partial charge >= 0.3 is 5.97 Å². The number of hydrogen-bond donors (Lipinski definition) is 1. The first-order chi connectivity index (χ1) is 10.0. The van der Waals surface area contributed by atoms with E-state index in [2.05, 4.69) is 42.8 Å². The van der Waals surface area contributed by atoms with E-state index in [1.807, 2.05) is 6.07 Å². The summed E-state index contributed by atoms with van der Waals surface area (Å²) in [5, 5.41) is 10.3. The number of carboxylic acid groups (broad SMARTS) is 1. The zero-order valence-corrected chi connectivity index (χ0v) is 12.1. The lowest BCUT2D eigenvalue weighted by Gasteiger charge is -2.09. The number of carboxylic acids is 1. The van der Waals surface area contributed by atoms with Crippen LogP contribution in [0.5, 0.6) is 0 Å². The third-order valence-electron chi connectivity index (χ3n) is 3.72. The van der Waals surface area contributed by atoms with Gasteiger partial charge in [-0.3, -0.25) is 0 Å². The molecule has 1 heterocycles. The normalized spacial score (nSPS) is 11.0. The number of benzene rings is 2. The maximum Gasteiger partial charge on any atom is 0.335 e. The van der Waals surface area contributed by atoms with Gasteiger partial charge in [-0.25, -0.2) is 4.79 Å². The summed E-state index contributed by atoms with van der Waals surface area (Å²) < 4.78 is 2.17. The van der Waals surface area contributed by atoms with E-state index in [9.17, 15) is 4.79 Å².